The lowest BCUT2D eigenvalue weighted by Crippen LogP contribution is -2.39. The summed E-state index contributed by atoms with van der Waals surface area (Å²) >= 11 is 1.50. The molecule has 122 valence electrons. The molecule has 0 unspecified atom stereocenters. The number of phenolic OH excluding ortho intramolecular Hbond substituents is 1. The van der Waals surface area contributed by atoms with Crippen LogP contribution in [0.2, 0.25) is 0 Å². The van der Waals surface area contributed by atoms with E-state index in [1.807, 2.05) is 33.2 Å². The summed E-state index contributed by atoms with van der Waals surface area (Å²) in [6, 6.07) is 5.64. The fourth-order valence-electron chi connectivity index (χ4n) is 1.24. The summed E-state index contributed by atoms with van der Waals surface area (Å²) < 4.78 is 14.5. The van der Waals surface area contributed by atoms with Gasteiger partial charge < -0.3 is 42.2 Å². The van der Waals surface area contributed by atoms with Crippen LogP contribution >= 0.6 is 0 Å². The first kappa shape index (κ1) is 29.8. The molecule has 0 aliphatic carbocycles. The molecule has 11 N–H and O–H groups in total. The van der Waals surface area contributed by atoms with Crippen LogP contribution in [0.1, 0.15) is 5.56 Å². The summed E-state index contributed by atoms with van der Waals surface area (Å²) in [4.78, 5) is 11.6. The van der Waals surface area contributed by atoms with Crippen LogP contribution in [0.3, 0.4) is 0 Å². The molecule has 22 heavy (non-hydrogen) atoms. The third-order valence-electron chi connectivity index (χ3n) is 2.13. The van der Waals surface area contributed by atoms with Crippen molar-refractivity contribution in [3.05, 3.63) is 29.8 Å². The Morgan fingerprint density at radius 3 is 2.00 bits per heavy atom. The maximum atomic E-state index is 11.6. The topological polar surface area (TPSA) is 217 Å². The first-order chi connectivity index (χ1) is 8.56. The number of nitrogens with two attached hydrogens (primary N) is 1. The van der Waals surface area contributed by atoms with Crippen molar-refractivity contribution in [2.24, 2.45) is 5.73 Å². The van der Waals surface area contributed by atoms with Crippen LogP contribution in [-0.4, -0.2) is 87.4 Å². The van der Waals surface area contributed by atoms with Gasteiger partial charge in [0.25, 0.3) is 5.97 Å². The minimum atomic E-state index is -2.47. The molecule has 0 saturated heterocycles. The summed E-state index contributed by atoms with van der Waals surface area (Å²) in [7, 11) is 0. The highest BCUT2D eigenvalue weighted by molar-refractivity contribution is 6.48. The predicted molar refractivity (Wildman–Crippen MR) is 79.8 cm³/mol. The summed E-state index contributed by atoms with van der Waals surface area (Å²) in [6.07, 6.45) is 0.313. The zero-order valence-electron chi connectivity index (χ0n) is 11.5. The van der Waals surface area contributed by atoms with E-state index < -0.39 is 27.2 Å². The van der Waals surface area contributed by atoms with Crippen LogP contribution in [0.15, 0.2) is 24.3 Å². The standard InChI is InChI=1S/C9H11NO3.3Al.4H2O.2O/c10-8(9(12)13)5-6-1-3-7(11)4-2-6;;;;;;;;;/h1-4,8,11H,5,10H2,(H,12,13);;;;4*1H2;;/q;;;+1;;;;;;/p-1/t8-;;;;;;;;;/m0........./s1. The quantitative estimate of drug-likeness (QED) is 0.474. The van der Waals surface area contributed by atoms with Gasteiger partial charge in [0.15, 0.2) is 0 Å². The second-order valence-electron chi connectivity index (χ2n) is 3.47. The maximum absolute atomic E-state index is 11.6. The van der Waals surface area contributed by atoms with E-state index in [-0.39, 0.29) is 27.7 Å². The van der Waals surface area contributed by atoms with Gasteiger partial charge in [-0.25, -0.2) is 0 Å². The summed E-state index contributed by atoms with van der Waals surface area (Å²) in [5.41, 5.74) is 6.53. The van der Waals surface area contributed by atoms with Gasteiger partial charge in [-0.15, -0.1) is 0 Å². The van der Waals surface area contributed by atoms with E-state index in [1.165, 1.54) is 12.1 Å². The lowest BCUT2D eigenvalue weighted by molar-refractivity contribution is -0.138. The highest BCUT2D eigenvalue weighted by Gasteiger charge is 2.31. The summed E-state index contributed by atoms with van der Waals surface area (Å²) in [6.45, 7) is 0. The van der Waals surface area contributed by atoms with Crippen LogP contribution < -0.4 is 5.73 Å². The third-order valence-corrected chi connectivity index (χ3v) is 4.33. The van der Waals surface area contributed by atoms with Gasteiger partial charge in [0.05, 0.1) is 0 Å². The van der Waals surface area contributed by atoms with E-state index in [1.54, 1.807) is 12.1 Å². The lowest BCUT2D eigenvalue weighted by Gasteiger charge is -2.15. The van der Waals surface area contributed by atoms with Crippen LogP contribution in [0.5, 0.6) is 5.75 Å². The number of carbonyl (C=O) groups is 1. The van der Waals surface area contributed by atoms with E-state index in [4.69, 9.17) is 20.3 Å². The molecule has 0 bridgehead atoms. The zero-order valence-corrected chi connectivity index (χ0v) is 14.9. The van der Waals surface area contributed by atoms with Crippen LogP contribution in [0, 0.1) is 0 Å². The molecule has 0 saturated carbocycles. The fraction of sp³-hybridized carbons (Fsp3) is 0.222. The molecule has 1 rings (SSSR count). The van der Waals surface area contributed by atoms with Gasteiger partial charge in [-0.3, -0.25) is 4.79 Å². The number of benzene rings is 1. The molecule has 1 aromatic rings. The Labute approximate surface area is 149 Å². The van der Waals surface area contributed by atoms with Gasteiger partial charge in [-0.05, 0) is 24.1 Å². The van der Waals surface area contributed by atoms with Crippen molar-refractivity contribution in [3.63, 3.8) is 0 Å². The molecule has 0 aliphatic rings. The Kier molecular flexibility index (Phi) is 21.2. The van der Waals surface area contributed by atoms with Gasteiger partial charge >= 0.3 is 48.4 Å². The average Bonchev–Trinajstić information content (AvgIpc) is 2.38. The van der Waals surface area contributed by atoms with Crippen LogP contribution in [0.4, 0.5) is 0 Å². The molecule has 4 radical (unpaired) electrons. The monoisotopic (exact) mass is 365 g/mol. The average molecular weight is 365 g/mol. The Morgan fingerprint density at radius 1 is 1.14 bits per heavy atom. The number of rotatable bonds is 6. The molecule has 0 aromatic heterocycles. The molecule has 1 atom stereocenters. The molecule has 0 amide bonds. The van der Waals surface area contributed by atoms with E-state index in [0.29, 0.717) is 6.42 Å². The Hall–Kier alpha value is -0.193. The molecule has 13 heteroatoms. The zero-order chi connectivity index (χ0) is 13.5. The molecule has 0 fully saturated rings. The fourth-order valence-corrected chi connectivity index (χ4v) is 2.88. The van der Waals surface area contributed by atoms with Crippen molar-refractivity contribution >= 4 is 54.4 Å². The molecular weight excluding hydrogens is 347 g/mol. The Morgan fingerprint density at radius 2 is 1.59 bits per heavy atom. The number of hydrogen-bond donors (Lipinski definition) is 2. The highest BCUT2D eigenvalue weighted by atomic mass is 27.3. The minimum Gasteiger partial charge on any atom is -0.592 e. The van der Waals surface area contributed by atoms with Gasteiger partial charge in [-0.2, -0.15) is 0 Å². The summed E-state index contributed by atoms with van der Waals surface area (Å²) in [5, 5.41) is 9.13. The summed E-state index contributed by atoms with van der Waals surface area (Å²) in [5.74, 6) is -0.417. The second-order valence-corrected chi connectivity index (χ2v) is 6.47. The first-order valence-corrected chi connectivity index (χ1v) is 7.37. The van der Waals surface area contributed by atoms with Crippen molar-refractivity contribution in [1.82, 2.24) is 0 Å². The molecule has 10 nitrogen and oxygen atoms in total. The van der Waals surface area contributed by atoms with Crippen molar-refractivity contribution in [2.75, 3.05) is 0 Å². The van der Waals surface area contributed by atoms with E-state index in [2.05, 4.69) is 0 Å². The largest absolute Gasteiger partial charge is 0.938 e. The van der Waals surface area contributed by atoms with E-state index in [0.717, 1.165) is 5.56 Å². The first-order valence-electron chi connectivity index (χ1n) is 5.02. The van der Waals surface area contributed by atoms with Crippen LogP contribution in [-0.2, 0) is 20.7 Å². The lowest BCUT2D eigenvalue weighted by atomic mass is 10.1. The Bertz CT molecular complexity index is 390. The van der Waals surface area contributed by atoms with Crippen molar-refractivity contribution in [2.45, 2.75) is 12.5 Å². The molecular formula is C9H18Al3NO9. The van der Waals surface area contributed by atoms with Crippen molar-refractivity contribution in [3.8, 4) is 5.75 Å². The van der Waals surface area contributed by atoms with Gasteiger partial charge in [0, 0.05) is 0 Å². The van der Waals surface area contributed by atoms with E-state index >= 15 is 0 Å². The maximum Gasteiger partial charge on any atom is 0.938 e. The Balaban J connectivity index is -0.000000405. The molecule has 0 aliphatic heterocycles. The number of hydrogen-bond acceptors (Lipinski definition) is 6. The normalized spacial score (nSPS) is 9.68. The van der Waals surface area contributed by atoms with Gasteiger partial charge in [-0.1, -0.05) is 12.1 Å². The van der Waals surface area contributed by atoms with Crippen LogP contribution in [0.25, 0.3) is 0 Å². The number of aromatic hydroxyl groups is 1. The molecule has 1 aromatic carbocycles. The molecule has 0 heterocycles. The highest BCUT2D eigenvalue weighted by Crippen LogP contribution is 2.11. The molecule has 0 spiro atoms. The second kappa shape index (κ2) is 15.7. The van der Waals surface area contributed by atoms with Crippen molar-refractivity contribution < 1.29 is 41.3 Å². The third kappa shape index (κ3) is 10.5. The van der Waals surface area contributed by atoms with E-state index in [9.17, 15) is 4.79 Å². The van der Waals surface area contributed by atoms with Gasteiger partial charge in [0.2, 0.25) is 0 Å². The minimum absolute atomic E-state index is 0. The van der Waals surface area contributed by atoms with Crippen molar-refractivity contribution in [1.29, 1.82) is 0 Å². The number of phenols is 1. The predicted octanol–water partition coefficient (Wildman–Crippen LogP) is -4.31. The van der Waals surface area contributed by atoms with Gasteiger partial charge in [0.1, 0.15) is 11.8 Å². The number of carbonyl (C=O) groups excluding carboxylic acids is 1. The smallest absolute Gasteiger partial charge is 0.592 e. The SMILES string of the molecule is N[C@@H](Cc1ccc(O)cc1)C(=O)[O][Al]([O][Al])[O][Al].O.O.O.O.